The zero-order valence-electron chi connectivity index (χ0n) is 7.55. The Morgan fingerprint density at radius 3 is 3.00 bits per heavy atom. The van der Waals surface area contributed by atoms with Crippen LogP contribution in [0.1, 0.15) is 32.6 Å². The molecule has 0 N–H and O–H groups in total. The summed E-state index contributed by atoms with van der Waals surface area (Å²) < 4.78 is 0. The lowest BCUT2D eigenvalue weighted by Gasteiger charge is -2.29. The minimum absolute atomic E-state index is 0.321. The molecule has 0 aromatic carbocycles. The topological polar surface area (TPSA) is 20.3 Å². The third-order valence-corrected chi connectivity index (χ3v) is 2.93. The molecule has 1 rings (SSSR count). The lowest BCUT2D eigenvalue weighted by molar-refractivity contribution is -0.131. The van der Waals surface area contributed by atoms with E-state index in [1.165, 1.54) is 6.42 Å². The molecule has 70 valence electrons. The van der Waals surface area contributed by atoms with Crippen LogP contribution in [-0.4, -0.2) is 28.7 Å². The lowest BCUT2D eigenvalue weighted by Crippen LogP contribution is -2.40. The first-order valence-electron chi connectivity index (χ1n) is 4.66. The van der Waals surface area contributed by atoms with Crippen LogP contribution in [0, 0.1) is 0 Å². The van der Waals surface area contributed by atoms with Crippen LogP contribution in [0.5, 0.6) is 0 Å². The fourth-order valence-electron chi connectivity index (χ4n) is 1.52. The number of alkyl halides is 1. The van der Waals surface area contributed by atoms with Crippen LogP contribution in [-0.2, 0) is 4.79 Å². The summed E-state index contributed by atoms with van der Waals surface area (Å²) >= 11 is 3.55. The number of hydrogen-bond acceptors (Lipinski definition) is 1. The average Bonchev–Trinajstić information content (AvgIpc) is 2.05. The molecule has 1 heterocycles. The molecule has 0 radical (unpaired) electrons. The second kappa shape index (κ2) is 4.85. The highest BCUT2D eigenvalue weighted by Crippen LogP contribution is 2.17. The highest BCUT2D eigenvalue weighted by atomic mass is 79.9. The van der Waals surface area contributed by atoms with Gasteiger partial charge in [-0.3, -0.25) is 4.79 Å². The molecule has 0 spiro atoms. The Bertz CT molecular complexity index is 161. The van der Waals surface area contributed by atoms with E-state index >= 15 is 0 Å². The quantitative estimate of drug-likeness (QED) is 0.670. The number of rotatable bonds is 2. The summed E-state index contributed by atoms with van der Waals surface area (Å²) in [7, 11) is 0. The van der Waals surface area contributed by atoms with E-state index in [1.54, 1.807) is 0 Å². The van der Waals surface area contributed by atoms with Gasteiger partial charge in [0.25, 0.3) is 0 Å². The van der Waals surface area contributed by atoms with Crippen LogP contribution in [0.2, 0.25) is 0 Å². The van der Waals surface area contributed by atoms with Crippen molar-refractivity contribution in [2.45, 2.75) is 37.4 Å². The molecular weight excluding hydrogens is 218 g/mol. The van der Waals surface area contributed by atoms with E-state index in [2.05, 4.69) is 15.9 Å². The SMILES string of the molecule is CCCC(=O)N1CCCC(Br)C1. The Balaban J connectivity index is 2.35. The summed E-state index contributed by atoms with van der Waals surface area (Å²) in [6, 6.07) is 0. The summed E-state index contributed by atoms with van der Waals surface area (Å²) in [5, 5.41) is 0. The van der Waals surface area contributed by atoms with Crippen LogP contribution in [0.4, 0.5) is 0 Å². The Kier molecular flexibility index (Phi) is 4.06. The van der Waals surface area contributed by atoms with Gasteiger partial charge in [-0.15, -0.1) is 0 Å². The highest BCUT2D eigenvalue weighted by molar-refractivity contribution is 9.09. The molecule has 1 aliphatic heterocycles. The number of hydrogen-bond donors (Lipinski definition) is 0. The van der Waals surface area contributed by atoms with Crippen molar-refractivity contribution >= 4 is 21.8 Å². The van der Waals surface area contributed by atoms with E-state index < -0.39 is 0 Å². The zero-order valence-corrected chi connectivity index (χ0v) is 9.14. The number of amides is 1. The van der Waals surface area contributed by atoms with Gasteiger partial charge >= 0.3 is 0 Å². The van der Waals surface area contributed by atoms with E-state index in [1.807, 2.05) is 11.8 Å². The van der Waals surface area contributed by atoms with E-state index in [0.29, 0.717) is 17.2 Å². The molecule has 0 bridgehead atoms. The molecule has 1 saturated heterocycles. The number of piperidine rings is 1. The van der Waals surface area contributed by atoms with Crippen molar-refractivity contribution in [3.8, 4) is 0 Å². The van der Waals surface area contributed by atoms with Gasteiger partial charge in [0.05, 0.1) is 0 Å². The van der Waals surface area contributed by atoms with Gasteiger partial charge in [0, 0.05) is 24.3 Å². The highest BCUT2D eigenvalue weighted by Gasteiger charge is 2.20. The maximum absolute atomic E-state index is 11.4. The van der Waals surface area contributed by atoms with Crippen LogP contribution in [0.15, 0.2) is 0 Å². The monoisotopic (exact) mass is 233 g/mol. The average molecular weight is 234 g/mol. The fraction of sp³-hybridized carbons (Fsp3) is 0.889. The Hall–Kier alpha value is -0.0500. The normalized spacial score (nSPS) is 24.2. The van der Waals surface area contributed by atoms with E-state index in [-0.39, 0.29) is 0 Å². The van der Waals surface area contributed by atoms with E-state index in [9.17, 15) is 4.79 Å². The molecule has 2 nitrogen and oxygen atoms in total. The first-order valence-corrected chi connectivity index (χ1v) is 5.57. The number of carbonyl (C=O) groups is 1. The third-order valence-electron chi connectivity index (χ3n) is 2.18. The predicted octanol–water partition coefficient (Wildman–Crippen LogP) is 2.17. The van der Waals surface area contributed by atoms with Crippen LogP contribution in [0.3, 0.4) is 0 Å². The van der Waals surface area contributed by atoms with Crippen LogP contribution >= 0.6 is 15.9 Å². The van der Waals surface area contributed by atoms with Crippen molar-refractivity contribution in [2.75, 3.05) is 13.1 Å². The molecule has 0 aromatic heterocycles. The Labute approximate surface area is 82.4 Å². The minimum atomic E-state index is 0.321. The molecule has 1 unspecified atom stereocenters. The molecule has 12 heavy (non-hydrogen) atoms. The van der Waals surface area contributed by atoms with Gasteiger partial charge in [-0.05, 0) is 19.3 Å². The maximum Gasteiger partial charge on any atom is 0.222 e. The predicted molar refractivity (Wildman–Crippen MR) is 53.4 cm³/mol. The summed E-state index contributed by atoms with van der Waals surface area (Å²) in [5.74, 6) is 0.321. The molecule has 1 fully saturated rings. The van der Waals surface area contributed by atoms with Crippen molar-refractivity contribution in [1.29, 1.82) is 0 Å². The second-order valence-corrected chi connectivity index (χ2v) is 4.62. The van der Waals surface area contributed by atoms with Gasteiger partial charge in [-0.2, -0.15) is 0 Å². The molecular formula is C9H16BrNO. The van der Waals surface area contributed by atoms with Crippen molar-refractivity contribution in [3.05, 3.63) is 0 Å². The van der Waals surface area contributed by atoms with Gasteiger partial charge in [0.15, 0.2) is 0 Å². The van der Waals surface area contributed by atoms with Gasteiger partial charge in [0.2, 0.25) is 5.91 Å². The molecule has 3 heteroatoms. The summed E-state index contributed by atoms with van der Waals surface area (Å²) in [4.78, 5) is 13.9. The number of nitrogens with zero attached hydrogens (tertiary/aromatic N) is 1. The number of likely N-dealkylation sites (tertiary alicyclic amines) is 1. The van der Waals surface area contributed by atoms with Crippen molar-refractivity contribution in [3.63, 3.8) is 0 Å². The third kappa shape index (κ3) is 2.77. The smallest absolute Gasteiger partial charge is 0.222 e. The number of carbonyl (C=O) groups excluding carboxylic acids is 1. The largest absolute Gasteiger partial charge is 0.342 e. The fourth-order valence-corrected chi connectivity index (χ4v) is 2.20. The number of halogens is 1. The molecule has 1 atom stereocenters. The maximum atomic E-state index is 11.4. The van der Waals surface area contributed by atoms with Gasteiger partial charge in [0.1, 0.15) is 0 Å². The summed E-state index contributed by atoms with van der Waals surface area (Å²) in [6.45, 7) is 3.91. The Morgan fingerprint density at radius 2 is 2.42 bits per heavy atom. The van der Waals surface area contributed by atoms with Crippen molar-refractivity contribution in [2.24, 2.45) is 0 Å². The molecule has 0 saturated carbocycles. The van der Waals surface area contributed by atoms with Gasteiger partial charge in [-0.25, -0.2) is 0 Å². The first-order chi connectivity index (χ1) is 5.74. The van der Waals surface area contributed by atoms with Gasteiger partial charge in [-0.1, -0.05) is 22.9 Å². The van der Waals surface area contributed by atoms with Gasteiger partial charge < -0.3 is 4.90 Å². The molecule has 1 amide bonds. The van der Waals surface area contributed by atoms with E-state index in [4.69, 9.17) is 0 Å². The first kappa shape index (κ1) is 10.0. The summed E-state index contributed by atoms with van der Waals surface area (Å²) in [6.07, 6.45) is 4.02. The standard InChI is InChI=1S/C9H16BrNO/c1-2-4-9(12)11-6-3-5-8(10)7-11/h8H,2-7H2,1H3. The second-order valence-electron chi connectivity index (χ2n) is 3.33. The lowest BCUT2D eigenvalue weighted by atomic mass is 10.1. The van der Waals surface area contributed by atoms with Crippen molar-refractivity contribution in [1.82, 2.24) is 4.90 Å². The molecule has 0 aromatic rings. The van der Waals surface area contributed by atoms with E-state index in [0.717, 1.165) is 25.9 Å². The minimum Gasteiger partial charge on any atom is -0.342 e. The van der Waals surface area contributed by atoms with Crippen LogP contribution < -0.4 is 0 Å². The zero-order chi connectivity index (χ0) is 8.97. The van der Waals surface area contributed by atoms with Crippen molar-refractivity contribution < 1.29 is 4.79 Å². The molecule has 0 aliphatic carbocycles. The van der Waals surface area contributed by atoms with Crippen LogP contribution in [0.25, 0.3) is 0 Å². The Morgan fingerprint density at radius 1 is 1.67 bits per heavy atom. The summed E-state index contributed by atoms with van der Waals surface area (Å²) in [5.41, 5.74) is 0. The molecule has 1 aliphatic rings.